The van der Waals surface area contributed by atoms with Crippen LogP contribution in [0.5, 0.6) is 5.88 Å². The van der Waals surface area contributed by atoms with Crippen LogP contribution in [-0.2, 0) is 36.7 Å². The predicted molar refractivity (Wildman–Crippen MR) is 115 cm³/mol. The van der Waals surface area contributed by atoms with Crippen molar-refractivity contribution in [2.45, 2.75) is 37.3 Å². The molecule has 0 spiro atoms. The Kier molecular flexibility index (Phi) is 6.40. The lowest BCUT2D eigenvalue weighted by atomic mass is 9.96. The molecule has 1 aromatic heterocycles. The van der Waals surface area contributed by atoms with E-state index in [0.29, 0.717) is 5.69 Å². The van der Waals surface area contributed by atoms with Crippen LogP contribution in [0.1, 0.15) is 57.1 Å². The van der Waals surface area contributed by atoms with Crippen LogP contribution >= 0.6 is 0 Å². The summed E-state index contributed by atoms with van der Waals surface area (Å²) in [4.78, 5) is 13.6. The van der Waals surface area contributed by atoms with Crippen LogP contribution in [0.2, 0.25) is 0 Å². The quantitative estimate of drug-likeness (QED) is 0.370. The summed E-state index contributed by atoms with van der Waals surface area (Å²) < 4.78 is 67.8. The Labute approximate surface area is 190 Å². The van der Waals surface area contributed by atoms with E-state index in [2.05, 4.69) is 5.10 Å². The number of benzene rings is 2. The van der Waals surface area contributed by atoms with Crippen molar-refractivity contribution in [3.63, 3.8) is 0 Å². The monoisotopic (exact) mass is 478 g/mol. The van der Waals surface area contributed by atoms with Gasteiger partial charge in [-0.05, 0) is 36.1 Å². The molecule has 0 aliphatic heterocycles. The van der Waals surface area contributed by atoms with Crippen LogP contribution < -0.4 is 4.74 Å². The van der Waals surface area contributed by atoms with Crippen molar-refractivity contribution in [2.24, 2.45) is 7.05 Å². The first-order chi connectivity index (χ1) is 15.6. The number of hydrogen-bond donors (Lipinski definition) is 1. The summed E-state index contributed by atoms with van der Waals surface area (Å²) in [6.07, 6.45) is -2.96. The molecule has 10 heteroatoms. The number of aromatic nitrogens is 2. The van der Waals surface area contributed by atoms with Crippen LogP contribution in [0.15, 0.2) is 48.5 Å². The van der Waals surface area contributed by atoms with Gasteiger partial charge in [0.05, 0.1) is 17.0 Å². The van der Waals surface area contributed by atoms with Crippen molar-refractivity contribution in [1.82, 2.24) is 9.78 Å². The highest BCUT2D eigenvalue weighted by molar-refractivity contribution is 7.78. The van der Waals surface area contributed by atoms with Gasteiger partial charge in [0.25, 0.3) is 0 Å². The third-order valence-corrected chi connectivity index (χ3v) is 5.95. The van der Waals surface area contributed by atoms with Crippen molar-refractivity contribution in [3.05, 3.63) is 82.0 Å². The molecular weight excluding hydrogens is 457 g/mol. The minimum atomic E-state index is -4.65. The summed E-state index contributed by atoms with van der Waals surface area (Å²) in [6, 6.07) is 11.9. The van der Waals surface area contributed by atoms with E-state index in [1.165, 1.54) is 4.68 Å². The summed E-state index contributed by atoms with van der Waals surface area (Å²) in [5.74, 6) is -0.914. The molecule has 1 aliphatic carbocycles. The van der Waals surface area contributed by atoms with Crippen molar-refractivity contribution >= 4 is 16.9 Å². The van der Waals surface area contributed by atoms with E-state index in [9.17, 15) is 26.7 Å². The van der Waals surface area contributed by atoms with Gasteiger partial charge in [-0.15, -0.1) is 0 Å². The Morgan fingerprint density at radius 2 is 1.91 bits per heavy atom. The number of carbonyl (C=O) groups is 1. The zero-order chi connectivity index (χ0) is 23.8. The summed E-state index contributed by atoms with van der Waals surface area (Å²) in [6.45, 7) is 0.172. The van der Waals surface area contributed by atoms with Gasteiger partial charge in [-0.25, -0.2) is 8.89 Å². The minimum absolute atomic E-state index is 0.0640. The van der Waals surface area contributed by atoms with E-state index in [1.54, 1.807) is 7.05 Å². The largest absolute Gasteiger partial charge is 0.472 e. The molecule has 0 saturated heterocycles. The van der Waals surface area contributed by atoms with Crippen LogP contribution in [-0.4, -0.2) is 24.3 Å². The van der Waals surface area contributed by atoms with Gasteiger partial charge in [-0.3, -0.25) is 4.79 Å². The second-order valence-electron chi connectivity index (χ2n) is 7.90. The van der Waals surface area contributed by atoms with Crippen LogP contribution in [0.25, 0.3) is 0 Å². The Morgan fingerprint density at radius 1 is 1.21 bits per heavy atom. The second kappa shape index (κ2) is 9.11. The maximum atomic E-state index is 13.6. The lowest BCUT2D eigenvalue weighted by Crippen LogP contribution is -2.13. The molecule has 1 aliphatic rings. The topological polar surface area (TPSA) is 81.4 Å². The highest BCUT2D eigenvalue weighted by Crippen LogP contribution is 2.44. The van der Waals surface area contributed by atoms with E-state index >= 15 is 0 Å². The average molecular weight is 478 g/mol. The Bertz CT molecular complexity index is 1200. The normalized spacial score (nSPS) is 14.8. The molecule has 1 unspecified atom stereocenters. The Hall–Kier alpha value is -2.98. The first-order valence-corrected chi connectivity index (χ1v) is 11.5. The van der Waals surface area contributed by atoms with Gasteiger partial charge in [0, 0.05) is 18.5 Å². The Morgan fingerprint density at radius 3 is 2.52 bits per heavy atom. The lowest BCUT2D eigenvalue weighted by Gasteiger charge is -2.14. The number of carbonyl (C=O) groups excluding carboxylic acids is 1. The fourth-order valence-electron chi connectivity index (χ4n) is 3.65. The van der Waals surface area contributed by atoms with Gasteiger partial charge in [0.2, 0.25) is 11.7 Å². The molecule has 6 nitrogen and oxygen atoms in total. The molecule has 33 heavy (non-hydrogen) atoms. The fourth-order valence-corrected chi connectivity index (χ4v) is 4.16. The zero-order valence-electron chi connectivity index (χ0n) is 17.6. The SMILES string of the molecule is Cn1nc(C2CC2)c(C(=O)c2ccc(C(F)(F)F)cc2CS(=O)O)c1OCc1ccccc1. The number of nitrogens with zero attached hydrogens (tertiary/aromatic N) is 2. The number of hydrogen-bond acceptors (Lipinski definition) is 4. The van der Waals surface area contributed by atoms with E-state index in [-0.39, 0.29) is 35.1 Å². The molecule has 1 N–H and O–H groups in total. The van der Waals surface area contributed by atoms with Gasteiger partial charge < -0.3 is 9.29 Å². The maximum Gasteiger partial charge on any atom is 0.416 e. The highest BCUT2D eigenvalue weighted by Gasteiger charge is 2.37. The smallest absolute Gasteiger partial charge is 0.416 e. The lowest BCUT2D eigenvalue weighted by molar-refractivity contribution is -0.137. The first-order valence-electron chi connectivity index (χ1n) is 10.2. The summed E-state index contributed by atoms with van der Waals surface area (Å²) in [5.41, 5.74) is 0.354. The van der Waals surface area contributed by atoms with E-state index in [0.717, 1.165) is 36.6 Å². The third kappa shape index (κ3) is 5.17. The number of aryl methyl sites for hydroxylation is 1. The predicted octanol–water partition coefficient (Wildman–Crippen LogP) is 4.85. The third-order valence-electron chi connectivity index (χ3n) is 5.39. The maximum absolute atomic E-state index is 13.6. The molecule has 0 bridgehead atoms. The first kappa shape index (κ1) is 23.2. The molecule has 1 heterocycles. The summed E-state index contributed by atoms with van der Waals surface area (Å²) in [5, 5.41) is 4.46. The highest BCUT2D eigenvalue weighted by atomic mass is 32.2. The minimum Gasteiger partial charge on any atom is -0.472 e. The van der Waals surface area contributed by atoms with E-state index in [4.69, 9.17) is 4.74 Å². The molecule has 2 aromatic carbocycles. The van der Waals surface area contributed by atoms with Crippen LogP contribution in [0, 0.1) is 0 Å². The average Bonchev–Trinajstić information content (AvgIpc) is 3.55. The van der Waals surface area contributed by atoms with Crippen molar-refractivity contribution < 1.29 is 31.5 Å². The molecule has 3 aromatic rings. The molecule has 0 radical (unpaired) electrons. The van der Waals surface area contributed by atoms with E-state index < -0.39 is 34.4 Å². The van der Waals surface area contributed by atoms with Crippen molar-refractivity contribution in [1.29, 1.82) is 0 Å². The molecule has 0 amide bonds. The molecule has 4 rings (SSSR count). The van der Waals surface area contributed by atoms with Crippen molar-refractivity contribution in [3.8, 4) is 5.88 Å². The number of rotatable bonds is 8. The van der Waals surface area contributed by atoms with E-state index in [1.807, 2.05) is 30.3 Å². The van der Waals surface area contributed by atoms with Gasteiger partial charge in [0.15, 0.2) is 11.1 Å². The van der Waals surface area contributed by atoms with Gasteiger partial charge in [0.1, 0.15) is 12.2 Å². The summed E-state index contributed by atoms with van der Waals surface area (Å²) >= 11 is -2.44. The molecular formula is C23H21F3N2O4S. The number of ether oxygens (including phenoxy) is 1. The number of alkyl halides is 3. The van der Waals surface area contributed by atoms with Crippen LogP contribution in [0.3, 0.4) is 0 Å². The second-order valence-corrected chi connectivity index (χ2v) is 8.83. The molecule has 174 valence electrons. The number of ketones is 1. The molecule has 1 atom stereocenters. The zero-order valence-corrected chi connectivity index (χ0v) is 18.4. The van der Waals surface area contributed by atoms with Crippen LogP contribution in [0.4, 0.5) is 13.2 Å². The number of halogens is 3. The Balaban J connectivity index is 1.76. The fraction of sp³-hybridized carbons (Fsp3) is 0.304. The van der Waals surface area contributed by atoms with Gasteiger partial charge in [-0.1, -0.05) is 36.4 Å². The van der Waals surface area contributed by atoms with Gasteiger partial charge >= 0.3 is 6.18 Å². The summed E-state index contributed by atoms with van der Waals surface area (Å²) in [7, 11) is 1.64. The van der Waals surface area contributed by atoms with Gasteiger partial charge in [-0.2, -0.15) is 18.3 Å². The molecule has 1 fully saturated rings. The standard InChI is InChI=1S/C23H21F3N2O4S/c1-28-22(32-12-14-5-3-2-4-6-14)19(20(27-28)15-7-8-15)21(29)18-10-9-17(23(24,25)26)11-16(18)13-33(30)31/h2-6,9-11,15H,7-8,12-13H2,1H3,(H,30,31). The molecule has 1 saturated carbocycles. The van der Waals surface area contributed by atoms with Crippen molar-refractivity contribution in [2.75, 3.05) is 0 Å².